The van der Waals surface area contributed by atoms with Gasteiger partial charge in [0.2, 0.25) is 5.91 Å². The summed E-state index contributed by atoms with van der Waals surface area (Å²) in [5.41, 5.74) is 4.97. The highest BCUT2D eigenvalue weighted by Gasteiger charge is 2.29. The molecule has 0 aliphatic heterocycles. The third-order valence-electron chi connectivity index (χ3n) is 5.16. The first-order valence-electron chi connectivity index (χ1n) is 8.64. The standard InChI is InChI=1S/C17H35N3O/c1-5-19-17(3,16(18)21)12-6-7-13-20(4)15-10-8-14(2)9-11-15/h14-15,19H,5-13H2,1-4H3,(H2,18,21). The number of hydrogen-bond acceptors (Lipinski definition) is 3. The van der Waals surface area contributed by atoms with Crippen LogP contribution in [-0.4, -0.2) is 42.5 Å². The van der Waals surface area contributed by atoms with Gasteiger partial charge in [0.1, 0.15) is 0 Å². The van der Waals surface area contributed by atoms with Crippen LogP contribution in [0.2, 0.25) is 0 Å². The zero-order valence-electron chi connectivity index (χ0n) is 14.5. The van der Waals surface area contributed by atoms with Crippen molar-refractivity contribution in [2.24, 2.45) is 11.7 Å². The molecule has 0 spiro atoms. The topological polar surface area (TPSA) is 58.4 Å². The summed E-state index contributed by atoms with van der Waals surface area (Å²) >= 11 is 0. The summed E-state index contributed by atoms with van der Waals surface area (Å²) in [6, 6.07) is 0.762. The molecule has 0 bridgehead atoms. The van der Waals surface area contributed by atoms with E-state index in [1.54, 1.807) is 0 Å². The summed E-state index contributed by atoms with van der Waals surface area (Å²) in [5.74, 6) is 0.671. The maximum absolute atomic E-state index is 11.6. The van der Waals surface area contributed by atoms with Crippen LogP contribution in [0.15, 0.2) is 0 Å². The number of carbonyl (C=O) groups is 1. The molecule has 0 aromatic heterocycles. The molecule has 1 unspecified atom stereocenters. The molecule has 1 aliphatic carbocycles. The SMILES string of the molecule is CCNC(C)(CCCCN(C)C1CCC(C)CC1)C(N)=O. The molecule has 1 rings (SSSR count). The minimum absolute atomic E-state index is 0.237. The van der Waals surface area contributed by atoms with E-state index in [1.807, 2.05) is 13.8 Å². The van der Waals surface area contributed by atoms with Gasteiger partial charge < -0.3 is 16.0 Å². The fourth-order valence-corrected chi connectivity index (χ4v) is 3.39. The van der Waals surface area contributed by atoms with Crippen molar-refractivity contribution in [2.75, 3.05) is 20.1 Å². The van der Waals surface area contributed by atoms with Gasteiger partial charge in [-0.3, -0.25) is 4.79 Å². The van der Waals surface area contributed by atoms with E-state index < -0.39 is 5.54 Å². The van der Waals surface area contributed by atoms with Gasteiger partial charge in [-0.25, -0.2) is 0 Å². The average molecular weight is 297 g/mol. The lowest BCUT2D eigenvalue weighted by Gasteiger charge is -2.34. The molecule has 1 saturated carbocycles. The van der Waals surface area contributed by atoms with Crippen molar-refractivity contribution in [2.45, 2.75) is 77.3 Å². The van der Waals surface area contributed by atoms with Crippen LogP contribution < -0.4 is 11.1 Å². The molecule has 21 heavy (non-hydrogen) atoms. The number of carbonyl (C=O) groups excluding carboxylic acids is 1. The van der Waals surface area contributed by atoms with Crippen LogP contribution >= 0.6 is 0 Å². The molecule has 0 saturated heterocycles. The van der Waals surface area contributed by atoms with E-state index in [4.69, 9.17) is 5.73 Å². The van der Waals surface area contributed by atoms with Crippen LogP contribution in [0.4, 0.5) is 0 Å². The molecule has 4 nitrogen and oxygen atoms in total. The van der Waals surface area contributed by atoms with Crippen molar-refractivity contribution in [3.05, 3.63) is 0 Å². The first kappa shape index (κ1) is 18.4. The fraction of sp³-hybridized carbons (Fsp3) is 0.941. The second-order valence-corrected chi connectivity index (χ2v) is 7.08. The largest absolute Gasteiger partial charge is 0.368 e. The van der Waals surface area contributed by atoms with E-state index in [0.29, 0.717) is 0 Å². The minimum atomic E-state index is -0.548. The van der Waals surface area contributed by atoms with E-state index >= 15 is 0 Å². The van der Waals surface area contributed by atoms with Crippen LogP contribution in [0.1, 0.15) is 65.7 Å². The third-order valence-corrected chi connectivity index (χ3v) is 5.16. The van der Waals surface area contributed by atoms with Crippen molar-refractivity contribution in [1.82, 2.24) is 10.2 Å². The Kier molecular flexibility index (Phi) is 7.67. The average Bonchev–Trinajstić information content (AvgIpc) is 2.44. The number of hydrogen-bond donors (Lipinski definition) is 2. The second-order valence-electron chi connectivity index (χ2n) is 7.08. The third kappa shape index (κ3) is 5.95. The molecule has 4 heteroatoms. The molecule has 0 radical (unpaired) electrons. The lowest BCUT2D eigenvalue weighted by atomic mass is 9.86. The lowest BCUT2D eigenvalue weighted by Crippen LogP contribution is -2.53. The number of rotatable bonds is 9. The molecular weight excluding hydrogens is 262 g/mol. The lowest BCUT2D eigenvalue weighted by molar-refractivity contribution is -0.124. The summed E-state index contributed by atoms with van der Waals surface area (Å²) in [5, 5.41) is 3.23. The van der Waals surface area contributed by atoms with Crippen molar-refractivity contribution < 1.29 is 4.79 Å². The number of amides is 1. The number of nitrogens with one attached hydrogen (secondary N) is 1. The molecular formula is C17H35N3O. The van der Waals surface area contributed by atoms with Gasteiger partial charge >= 0.3 is 0 Å². The van der Waals surface area contributed by atoms with Gasteiger partial charge in [-0.2, -0.15) is 0 Å². The number of nitrogens with two attached hydrogens (primary N) is 1. The molecule has 124 valence electrons. The van der Waals surface area contributed by atoms with Gasteiger partial charge in [0, 0.05) is 6.04 Å². The first-order chi connectivity index (χ1) is 9.89. The Balaban J connectivity index is 2.25. The second kappa shape index (κ2) is 8.74. The molecule has 0 aromatic rings. The molecule has 1 amide bonds. The van der Waals surface area contributed by atoms with E-state index in [-0.39, 0.29) is 5.91 Å². The highest BCUT2D eigenvalue weighted by Crippen LogP contribution is 2.26. The Bertz CT molecular complexity index is 313. The monoisotopic (exact) mass is 297 g/mol. The van der Waals surface area contributed by atoms with Crippen LogP contribution in [0.3, 0.4) is 0 Å². The highest BCUT2D eigenvalue weighted by molar-refractivity contribution is 5.84. The zero-order valence-corrected chi connectivity index (χ0v) is 14.5. The number of likely N-dealkylation sites (N-methyl/N-ethyl adjacent to an activating group) is 1. The van der Waals surface area contributed by atoms with Crippen LogP contribution in [0, 0.1) is 5.92 Å². The maximum atomic E-state index is 11.6. The highest BCUT2D eigenvalue weighted by atomic mass is 16.1. The smallest absolute Gasteiger partial charge is 0.237 e. The Hall–Kier alpha value is -0.610. The summed E-state index contributed by atoms with van der Waals surface area (Å²) in [7, 11) is 2.25. The van der Waals surface area contributed by atoms with Gasteiger partial charge in [0.25, 0.3) is 0 Å². The Morgan fingerprint density at radius 2 is 1.90 bits per heavy atom. The molecule has 1 atom stereocenters. The summed E-state index contributed by atoms with van der Waals surface area (Å²) < 4.78 is 0. The zero-order chi connectivity index (χ0) is 15.9. The van der Waals surface area contributed by atoms with Crippen molar-refractivity contribution in [1.29, 1.82) is 0 Å². The van der Waals surface area contributed by atoms with Gasteiger partial charge in [-0.1, -0.05) is 13.8 Å². The number of unbranched alkanes of at least 4 members (excludes halogenated alkanes) is 1. The maximum Gasteiger partial charge on any atom is 0.237 e. The Morgan fingerprint density at radius 1 is 1.29 bits per heavy atom. The van der Waals surface area contributed by atoms with Gasteiger partial charge in [0.05, 0.1) is 5.54 Å². The van der Waals surface area contributed by atoms with E-state index in [2.05, 4.69) is 24.2 Å². The minimum Gasteiger partial charge on any atom is -0.368 e. The van der Waals surface area contributed by atoms with E-state index in [0.717, 1.165) is 44.3 Å². The van der Waals surface area contributed by atoms with Gasteiger partial charge in [-0.15, -0.1) is 0 Å². The Morgan fingerprint density at radius 3 is 2.43 bits per heavy atom. The summed E-state index contributed by atoms with van der Waals surface area (Å²) in [4.78, 5) is 14.1. The van der Waals surface area contributed by atoms with Crippen LogP contribution in [-0.2, 0) is 4.79 Å². The molecule has 3 N–H and O–H groups in total. The van der Waals surface area contributed by atoms with Crippen molar-refractivity contribution in [3.63, 3.8) is 0 Å². The number of primary amides is 1. The molecule has 1 fully saturated rings. The van der Waals surface area contributed by atoms with E-state index in [1.165, 1.54) is 25.7 Å². The molecule has 1 aliphatic rings. The number of nitrogens with zero attached hydrogens (tertiary/aromatic N) is 1. The summed E-state index contributed by atoms with van der Waals surface area (Å²) in [6.45, 7) is 8.20. The normalized spacial score (nSPS) is 25.8. The van der Waals surface area contributed by atoms with Gasteiger partial charge in [0.15, 0.2) is 0 Å². The van der Waals surface area contributed by atoms with E-state index in [9.17, 15) is 4.79 Å². The summed E-state index contributed by atoms with van der Waals surface area (Å²) in [6.07, 6.45) is 8.43. The fourth-order valence-electron chi connectivity index (χ4n) is 3.39. The van der Waals surface area contributed by atoms with Crippen molar-refractivity contribution in [3.8, 4) is 0 Å². The molecule has 0 aromatic carbocycles. The van der Waals surface area contributed by atoms with Crippen LogP contribution in [0.5, 0.6) is 0 Å². The van der Waals surface area contributed by atoms with Crippen molar-refractivity contribution >= 4 is 5.91 Å². The van der Waals surface area contributed by atoms with Crippen LogP contribution in [0.25, 0.3) is 0 Å². The predicted octanol–water partition coefficient (Wildman–Crippen LogP) is 2.52. The quantitative estimate of drug-likeness (QED) is 0.643. The first-order valence-corrected chi connectivity index (χ1v) is 8.64. The predicted molar refractivity (Wildman–Crippen MR) is 89.2 cm³/mol. The Labute approximate surface area is 130 Å². The van der Waals surface area contributed by atoms with Gasteiger partial charge in [-0.05, 0) is 77.9 Å². The molecule has 0 heterocycles.